The molecule has 4 N–H and O–H groups in total. The van der Waals surface area contributed by atoms with Crippen molar-refractivity contribution in [3.8, 4) is 0 Å². The number of carbonyl (C=O) groups excluding carboxylic acids is 1. The highest BCUT2D eigenvalue weighted by Crippen LogP contribution is 2.42. The first-order valence-corrected chi connectivity index (χ1v) is 8.45. The van der Waals surface area contributed by atoms with E-state index in [4.69, 9.17) is 5.73 Å². The maximum Gasteiger partial charge on any atom is 0.263 e. The maximum atomic E-state index is 11.8. The maximum absolute atomic E-state index is 11.8. The molecule has 1 aromatic heterocycles. The zero-order valence-corrected chi connectivity index (χ0v) is 13.8. The van der Waals surface area contributed by atoms with E-state index in [1.54, 1.807) is 18.8 Å². The van der Waals surface area contributed by atoms with Crippen molar-refractivity contribution in [1.82, 2.24) is 5.32 Å². The van der Waals surface area contributed by atoms with Gasteiger partial charge in [0.1, 0.15) is 9.88 Å². The smallest absolute Gasteiger partial charge is 0.263 e. The minimum absolute atomic E-state index is 0.122. The molecule has 0 aliphatic heterocycles. The van der Waals surface area contributed by atoms with E-state index in [0.29, 0.717) is 22.5 Å². The summed E-state index contributed by atoms with van der Waals surface area (Å²) in [6.45, 7) is 6.54. The summed E-state index contributed by atoms with van der Waals surface area (Å²) in [5.41, 5.74) is 6.65. The van der Waals surface area contributed by atoms with Crippen molar-refractivity contribution < 1.29 is 4.79 Å². The van der Waals surface area contributed by atoms with Crippen LogP contribution in [0.25, 0.3) is 0 Å². The molecule has 0 bridgehead atoms. The van der Waals surface area contributed by atoms with Crippen LogP contribution in [0, 0.1) is 5.92 Å². The van der Waals surface area contributed by atoms with Gasteiger partial charge in [-0.25, -0.2) is 0 Å². The summed E-state index contributed by atoms with van der Waals surface area (Å²) in [5.74, 6) is 0.412. The van der Waals surface area contributed by atoms with Crippen molar-refractivity contribution in [2.75, 3.05) is 24.4 Å². The molecule has 1 unspecified atom stereocenters. The molecular formula is C13H23N3OS2. The van der Waals surface area contributed by atoms with Crippen molar-refractivity contribution in [2.24, 2.45) is 5.92 Å². The van der Waals surface area contributed by atoms with Gasteiger partial charge in [-0.2, -0.15) is 0 Å². The van der Waals surface area contributed by atoms with Gasteiger partial charge in [-0.3, -0.25) is 4.79 Å². The third-order valence-corrected chi connectivity index (χ3v) is 5.20. The molecular weight excluding hydrogens is 278 g/mol. The molecule has 0 spiro atoms. The lowest BCUT2D eigenvalue weighted by Gasteiger charge is -2.21. The van der Waals surface area contributed by atoms with Gasteiger partial charge in [0.2, 0.25) is 0 Å². The highest BCUT2D eigenvalue weighted by Gasteiger charge is 2.22. The highest BCUT2D eigenvalue weighted by molar-refractivity contribution is 7.99. The van der Waals surface area contributed by atoms with Crippen LogP contribution in [-0.2, 0) is 0 Å². The lowest BCUT2D eigenvalue weighted by molar-refractivity contribution is 0.0968. The van der Waals surface area contributed by atoms with Crippen molar-refractivity contribution in [3.63, 3.8) is 0 Å². The Hall–Kier alpha value is -0.880. The fourth-order valence-electron chi connectivity index (χ4n) is 1.92. The molecule has 1 amide bonds. The lowest BCUT2D eigenvalue weighted by Crippen LogP contribution is -2.24. The third kappa shape index (κ3) is 3.57. The molecule has 108 valence electrons. The van der Waals surface area contributed by atoms with Crippen molar-refractivity contribution in [1.29, 1.82) is 0 Å². The van der Waals surface area contributed by atoms with Crippen LogP contribution in [-0.4, -0.2) is 25.3 Å². The fraction of sp³-hybridized carbons (Fsp3) is 0.615. The molecule has 0 fully saturated rings. The number of hydrogen-bond acceptors (Lipinski definition) is 5. The van der Waals surface area contributed by atoms with Gasteiger partial charge in [-0.1, -0.05) is 20.8 Å². The van der Waals surface area contributed by atoms with E-state index in [2.05, 4.69) is 31.4 Å². The van der Waals surface area contributed by atoms with Crippen LogP contribution in [0.2, 0.25) is 0 Å². The number of hydrogen-bond donors (Lipinski definition) is 3. The molecule has 0 aliphatic carbocycles. The Labute approximate surface area is 123 Å². The van der Waals surface area contributed by atoms with Gasteiger partial charge in [0, 0.05) is 13.1 Å². The summed E-state index contributed by atoms with van der Waals surface area (Å²) in [6, 6.07) is 0.390. The fourth-order valence-corrected chi connectivity index (χ4v) is 3.95. The first-order chi connectivity index (χ1) is 8.96. The van der Waals surface area contributed by atoms with E-state index in [1.165, 1.54) is 11.3 Å². The Morgan fingerprint density at radius 2 is 2.11 bits per heavy atom. The number of rotatable bonds is 6. The molecule has 6 heteroatoms. The SMILES string of the molecule is CCC(Nc1sc(C(=O)NC)c(N)c1SC)C(C)C. The van der Waals surface area contributed by atoms with Crippen molar-refractivity contribution >= 4 is 39.7 Å². The Balaban J connectivity index is 3.10. The number of anilines is 2. The van der Waals surface area contributed by atoms with Crippen molar-refractivity contribution in [3.05, 3.63) is 4.88 Å². The summed E-state index contributed by atoms with van der Waals surface area (Å²) in [6.07, 6.45) is 3.02. The summed E-state index contributed by atoms with van der Waals surface area (Å²) in [7, 11) is 1.62. The minimum atomic E-state index is -0.122. The summed E-state index contributed by atoms with van der Waals surface area (Å²) >= 11 is 3.01. The molecule has 1 aromatic rings. The monoisotopic (exact) mass is 301 g/mol. The van der Waals surface area contributed by atoms with E-state index >= 15 is 0 Å². The van der Waals surface area contributed by atoms with Crippen LogP contribution in [0.15, 0.2) is 4.90 Å². The number of thioether (sulfide) groups is 1. The molecule has 1 atom stereocenters. The molecule has 19 heavy (non-hydrogen) atoms. The van der Waals surface area contributed by atoms with Crippen LogP contribution in [0.5, 0.6) is 0 Å². The van der Waals surface area contributed by atoms with E-state index in [0.717, 1.165) is 16.3 Å². The van der Waals surface area contributed by atoms with Gasteiger partial charge in [0.05, 0.1) is 10.6 Å². The van der Waals surface area contributed by atoms with Crippen LogP contribution < -0.4 is 16.4 Å². The lowest BCUT2D eigenvalue weighted by atomic mass is 10.0. The summed E-state index contributed by atoms with van der Waals surface area (Å²) in [4.78, 5) is 13.4. The van der Waals surface area contributed by atoms with Crippen molar-refractivity contribution in [2.45, 2.75) is 38.1 Å². The third-order valence-electron chi connectivity index (χ3n) is 3.10. The van der Waals surface area contributed by atoms with Crippen LogP contribution >= 0.6 is 23.1 Å². The van der Waals surface area contributed by atoms with E-state index in [1.807, 2.05) is 6.26 Å². The molecule has 0 radical (unpaired) electrons. The predicted octanol–water partition coefficient (Wildman–Crippen LogP) is 3.26. The Morgan fingerprint density at radius 1 is 1.47 bits per heavy atom. The normalized spacial score (nSPS) is 12.5. The van der Waals surface area contributed by atoms with Crippen LogP contribution in [0.4, 0.5) is 10.7 Å². The van der Waals surface area contributed by atoms with Crippen LogP contribution in [0.3, 0.4) is 0 Å². The van der Waals surface area contributed by atoms with E-state index in [9.17, 15) is 4.79 Å². The second-order valence-electron chi connectivity index (χ2n) is 4.69. The van der Waals surface area contributed by atoms with Gasteiger partial charge in [0.25, 0.3) is 5.91 Å². The molecule has 4 nitrogen and oxygen atoms in total. The molecule has 0 saturated carbocycles. The first kappa shape index (κ1) is 16.2. The minimum Gasteiger partial charge on any atom is -0.396 e. The first-order valence-electron chi connectivity index (χ1n) is 6.41. The number of nitrogen functional groups attached to an aromatic ring is 1. The number of carbonyl (C=O) groups is 1. The van der Waals surface area contributed by atoms with Gasteiger partial charge in [-0.05, 0) is 18.6 Å². The standard InChI is InChI=1S/C13H23N3OS2/c1-6-8(7(2)3)16-13-11(18-5)9(14)10(19-13)12(17)15-4/h7-8,16H,6,14H2,1-5H3,(H,15,17). The Morgan fingerprint density at radius 3 is 2.53 bits per heavy atom. The summed E-state index contributed by atoms with van der Waals surface area (Å²) < 4.78 is 0. The molecule has 0 saturated heterocycles. The zero-order chi connectivity index (χ0) is 14.6. The largest absolute Gasteiger partial charge is 0.396 e. The predicted molar refractivity (Wildman–Crippen MR) is 86.4 cm³/mol. The quantitative estimate of drug-likeness (QED) is 0.706. The molecule has 0 aliphatic rings. The van der Waals surface area contributed by atoms with E-state index < -0.39 is 0 Å². The number of thiophene rings is 1. The van der Waals surface area contributed by atoms with Gasteiger partial charge < -0.3 is 16.4 Å². The zero-order valence-electron chi connectivity index (χ0n) is 12.2. The Bertz CT molecular complexity index is 443. The van der Waals surface area contributed by atoms with Gasteiger partial charge in [0.15, 0.2) is 0 Å². The molecule has 0 aromatic carbocycles. The number of nitrogens with two attached hydrogens (primary N) is 1. The molecule has 1 heterocycles. The Kier molecular flexibility index (Phi) is 6.00. The van der Waals surface area contributed by atoms with E-state index in [-0.39, 0.29) is 5.91 Å². The average molecular weight is 301 g/mol. The highest BCUT2D eigenvalue weighted by atomic mass is 32.2. The second-order valence-corrected chi connectivity index (χ2v) is 6.53. The summed E-state index contributed by atoms with van der Waals surface area (Å²) in [5, 5.41) is 7.16. The number of amides is 1. The average Bonchev–Trinajstić information content (AvgIpc) is 2.70. The topological polar surface area (TPSA) is 67.2 Å². The van der Waals surface area contributed by atoms with Crippen LogP contribution in [0.1, 0.15) is 36.9 Å². The van der Waals surface area contributed by atoms with Gasteiger partial charge in [-0.15, -0.1) is 23.1 Å². The second kappa shape index (κ2) is 7.05. The van der Waals surface area contributed by atoms with Gasteiger partial charge >= 0.3 is 0 Å². The number of nitrogens with one attached hydrogen (secondary N) is 2. The molecule has 1 rings (SSSR count).